The number of nitrogens with zero attached hydrogens (tertiary/aromatic N) is 1. The number of hydrogen-bond acceptors (Lipinski definition) is 6. The highest BCUT2D eigenvalue weighted by Crippen LogP contribution is 2.16. The number of rotatable bonds is 11. The summed E-state index contributed by atoms with van der Waals surface area (Å²) in [7, 11) is 0. The first-order chi connectivity index (χ1) is 14.8. The van der Waals surface area contributed by atoms with Gasteiger partial charge in [0.15, 0.2) is 0 Å². The Morgan fingerprint density at radius 3 is 2.68 bits per heavy atom. The summed E-state index contributed by atoms with van der Waals surface area (Å²) in [6.07, 6.45) is 2.57. The van der Waals surface area contributed by atoms with Gasteiger partial charge in [-0.1, -0.05) is 19.9 Å². The number of amides is 3. The smallest absolute Gasteiger partial charge is 0.407 e. The lowest BCUT2D eigenvalue weighted by Crippen LogP contribution is -2.51. The molecule has 31 heavy (non-hydrogen) atoms. The van der Waals surface area contributed by atoms with Gasteiger partial charge in [0.25, 0.3) is 5.56 Å². The standard InChI is InChI=1S/C21H30N4O6/c1-14(2)11-17(20(29)23-16(13-26)12-15-6-7-22-19(15)28)24-21(30)31-10-9-25-8-4-3-5-18(25)27/h3-5,8,13-17H,6-7,9-12H2,1-2H3,(H,22,28)(H,23,29)(H,24,30)/t15-,16-,17-/m0/s1. The van der Waals surface area contributed by atoms with Gasteiger partial charge in [0, 0.05) is 24.7 Å². The molecule has 2 heterocycles. The first kappa shape index (κ1) is 24.1. The molecule has 0 unspecified atom stereocenters. The fourth-order valence-electron chi connectivity index (χ4n) is 3.38. The molecule has 1 aromatic heterocycles. The second-order valence-corrected chi connectivity index (χ2v) is 7.96. The number of alkyl carbamates (subject to hydrolysis) is 1. The fraction of sp³-hybridized carbons (Fsp3) is 0.571. The van der Waals surface area contributed by atoms with Crippen LogP contribution in [0.15, 0.2) is 29.2 Å². The Labute approximate surface area is 180 Å². The van der Waals surface area contributed by atoms with E-state index in [1.807, 2.05) is 13.8 Å². The highest BCUT2D eigenvalue weighted by molar-refractivity contribution is 5.88. The van der Waals surface area contributed by atoms with Gasteiger partial charge in [-0.25, -0.2) is 4.79 Å². The highest BCUT2D eigenvalue weighted by atomic mass is 16.5. The third-order valence-electron chi connectivity index (χ3n) is 4.97. The third kappa shape index (κ3) is 7.88. The minimum absolute atomic E-state index is 0.0421. The minimum atomic E-state index is -0.896. The molecule has 1 fully saturated rings. The predicted molar refractivity (Wildman–Crippen MR) is 112 cm³/mol. The largest absolute Gasteiger partial charge is 0.448 e. The summed E-state index contributed by atoms with van der Waals surface area (Å²) < 4.78 is 6.51. The molecule has 1 aliphatic heterocycles. The molecule has 1 saturated heterocycles. The van der Waals surface area contributed by atoms with E-state index in [0.717, 1.165) is 0 Å². The summed E-state index contributed by atoms with van der Waals surface area (Å²) in [6.45, 7) is 4.50. The molecule has 170 valence electrons. The molecule has 0 spiro atoms. The summed E-state index contributed by atoms with van der Waals surface area (Å²) in [5.74, 6) is -0.868. The molecule has 10 nitrogen and oxygen atoms in total. The molecular weight excluding hydrogens is 404 g/mol. The van der Waals surface area contributed by atoms with Crippen molar-refractivity contribution in [3.63, 3.8) is 0 Å². The molecule has 3 amide bonds. The van der Waals surface area contributed by atoms with Crippen LogP contribution in [0.1, 0.15) is 33.1 Å². The van der Waals surface area contributed by atoms with Crippen molar-refractivity contribution in [1.82, 2.24) is 20.5 Å². The van der Waals surface area contributed by atoms with Crippen molar-refractivity contribution in [3.05, 3.63) is 34.7 Å². The molecule has 2 rings (SSSR count). The van der Waals surface area contributed by atoms with Gasteiger partial charge in [-0.15, -0.1) is 0 Å². The van der Waals surface area contributed by atoms with Crippen LogP contribution < -0.4 is 21.5 Å². The van der Waals surface area contributed by atoms with Crippen LogP contribution in [-0.4, -0.2) is 54.0 Å². The van der Waals surface area contributed by atoms with Gasteiger partial charge in [0.2, 0.25) is 11.8 Å². The second kappa shape index (κ2) is 11.9. The lowest BCUT2D eigenvalue weighted by molar-refractivity contribution is -0.127. The van der Waals surface area contributed by atoms with Crippen molar-refractivity contribution in [2.45, 2.75) is 51.7 Å². The Hall–Kier alpha value is -3.17. The van der Waals surface area contributed by atoms with Gasteiger partial charge < -0.3 is 30.0 Å². The Bertz CT molecular complexity index is 837. The van der Waals surface area contributed by atoms with E-state index in [0.29, 0.717) is 25.7 Å². The van der Waals surface area contributed by atoms with E-state index in [4.69, 9.17) is 4.74 Å². The number of carbonyl (C=O) groups excluding carboxylic acids is 4. The van der Waals surface area contributed by atoms with Crippen molar-refractivity contribution in [2.24, 2.45) is 11.8 Å². The van der Waals surface area contributed by atoms with Gasteiger partial charge in [-0.3, -0.25) is 14.4 Å². The Morgan fingerprint density at radius 2 is 2.06 bits per heavy atom. The normalized spacial score (nSPS) is 17.5. The van der Waals surface area contributed by atoms with E-state index in [9.17, 15) is 24.0 Å². The number of ether oxygens (including phenoxy) is 1. The Balaban J connectivity index is 1.88. The van der Waals surface area contributed by atoms with Crippen LogP contribution in [-0.2, 0) is 25.7 Å². The summed E-state index contributed by atoms with van der Waals surface area (Å²) in [5, 5.41) is 7.84. The molecule has 0 aliphatic carbocycles. The summed E-state index contributed by atoms with van der Waals surface area (Å²) in [6, 6.07) is 3.00. The zero-order valence-corrected chi connectivity index (χ0v) is 17.8. The maximum atomic E-state index is 12.7. The van der Waals surface area contributed by atoms with E-state index >= 15 is 0 Å². The van der Waals surface area contributed by atoms with Crippen molar-refractivity contribution in [2.75, 3.05) is 13.2 Å². The fourth-order valence-corrected chi connectivity index (χ4v) is 3.38. The molecule has 10 heteroatoms. The van der Waals surface area contributed by atoms with Gasteiger partial charge >= 0.3 is 6.09 Å². The highest BCUT2D eigenvalue weighted by Gasteiger charge is 2.30. The maximum absolute atomic E-state index is 12.7. The van der Waals surface area contributed by atoms with Crippen molar-refractivity contribution >= 4 is 24.2 Å². The average Bonchev–Trinajstić information content (AvgIpc) is 3.12. The number of carbonyl (C=O) groups is 4. The van der Waals surface area contributed by atoms with Crippen molar-refractivity contribution < 1.29 is 23.9 Å². The number of hydrogen-bond donors (Lipinski definition) is 3. The topological polar surface area (TPSA) is 136 Å². The number of pyridine rings is 1. The van der Waals surface area contributed by atoms with Crippen LogP contribution in [0.5, 0.6) is 0 Å². The SMILES string of the molecule is CC(C)C[C@H](NC(=O)OCCn1ccccc1=O)C(=O)N[C@H](C=O)C[C@@H]1CCNC1=O. The molecule has 0 radical (unpaired) electrons. The summed E-state index contributed by atoms with van der Waals surface area (Å²) >= 11 is 0. The Morgan fingerprint density at radius 1 is 1.29 bits per heavy atom. The van der Waals surface area contributed by atoms with Crippen molar-refractivity contribution in [1.29, 1.82) is 0 Å². The van der Waals surface area contributed by atoms with E-state index < -0.39 is 24.1 Å². The minimum Gasteiger partial charge on any atom is -0.448 e. The second-order valence-electron chi connectivity index (χ2n) is 7.96. The van der Waals surface area contributed by atoms with Gasteiger partial charge in [0.1, 0.15) is 18.9 Å². The van der Waals surface area contributed by atoms with Gasteiger partial charge in [-0.2, -0.15) is 0 Å². The zero-order chi connectivity index (χ0) is 22.8. The molecule has 1 aromatic rings. The lowest BCUT2D eigenvalue weighted by atomic mass is 9.98. The van der Waals surface area contributed by atoms with Crippen molar-refractivity contribution in [3.8, 4) is 0 Å². The van der Waals surface area contributed by atoms with Crippen LogP contribution >= 0.6 is 0 Å². The van der Waals surface area contributed by atoms with E-state index in [1.54, 1.807) is 18.3 Å². The lowest BCUT2D eigenvalue weighted by Gasteiger charge is -2.23. The summed E-state index contributed by atoms with van der Waals surface area (Å²) in [5.41, 5.74) is -0.209. The Kier molecular flexibility index (Phi) is 9.23. The number of aldehydes is 1. The molecule has 1 aliphatic rings. The maximum Gasteiger partial charge on any atom is 0.407 e. The zero-order valence-electron chi connectivity index (χ0n) is 17.8. The van der Waals surface area contributed by atoms with Gasteiger partial charge in [-0.05, 0) is 31.2 Å². The van der Waals surface area contributed by atoms with E-state index in [1.165, 1.54) is 10.6 Å². The van der Waals surface area contributed by atoms with E-state index in [2.05, 4.69) is 16.0 Å². The summed E-state index contributed by atoms with van der Waals surface area (Å²) in [4.78, 5) is 59.7. The number of aromatic nitrogens is 1. The molecule has 0 bridgehead atoms. The molecular formula is C21H30N4O6. The molecule has 0 saturated carbocycles. The average molecular weight is 434 g/mol. The van der Waals surface area contributed by atoms with Crippen LogP contribution in [0.3, 0.4) is 0 Å². The first-order valence-corrected chi connectivity index (χ1v) is 10.4. The molecule has 3 N–H and O–H groups in total. The first-order valence-electron chi connectivity index (χ1n) is 10.4. The third-order valence-corrected chi connectivity index (χ3v) is 4.97. The quantitative estimate of drug-likeness (QED) is 0.426. The van der Waals surface area contributed by atoms with Crippen LogP contribution in [0, 0.1) is 11.8 Å². The van der Waals surface area contributed by atoms with Crippen LogP contribution in [0.25, 0.3) is 0 Å². The predicted octanol–water partition coefficient (Wildman–Crippen LogP) is 0.199. The monoisotopic (exact) mass is 434 g/mol. The van der Waals surface area contributed by atoms with Gasteiger partial charge in [0.05, 0.1) is 12.6 Å². The van der Waals surface area contributed by atoms with Crippen LogP contribution in [0.2, 0.25) is 0 Å². The van der Waals surface area contributed by atoms with Crippen LogP contribution in [0.4, 0.5) is 4.79 Å². The molecule has 0 aromatic carbocycles. The van der Waals surface area contributed by atoms with E-state index in [-0.39, 0.29) is 42.9 Å². The number of nitrogens with one attached hydrogen (secondary N) is 3. The molecule has 3 atom stereocenters.